The number of ether oxygens (including phenoxy) is 1. The number of hydrogen-bond donors (Lipinski definition) is 1. The molecule has 3 aromatic carbocycles. The number of benzene rings is 3. The normalized spacial score (nSPS) is 10.9. The van der Waals surface area contributed by atoms with Gasteiger partial charge in [-0.15, -0.1) is 0 Å². The summed E-state index contributed by atoms with van der Waals surface area (Å²) in [7, 11) is 0. The van der Waals surface area contributed by atoms with Gasteiger partial charge in [0.2, 0.25) is 5.91 Å². The highest BCUT2D eigenvalue weighted by molar-refractivity contribution is 6.03. The van der Waals surface area contributed by atoms with E-state index in [1.807, 2.05) is 60.7 Å². The van der Waals surface area contributed by atoms with Crippen LogP contribution >= 0.6 is 0 Å². The summed E-state index contributed by atoms with van der Waals surface area (Å²) >= 11 is 0. The lowest BCUT2D eigenvalue weighted by molar-refractivity contribution is -0.128. The number of amides is 1. The lowest BCUT2D eigenvalue weighted by Crippen LogP contribution is -2.11. The molecule has 3 aromatic rings. The SMILES string of the molecule is O=C(C=Cc1ccccc1)Nc1ccccc1OC(=O)C=Cc1ccccc1. The van der Waals surface area contributed by atoms with E-state index in [9.17, 15) is 9.59 Å². The first-order valence-electron chi connectivity index (χ1n) is 8.79. The van der Waals surface area contributed by atoms with Gasteiger partial charge in [-0.2, -0.15) is 0 Å². The van der Waals surface area contributed by atoms with Crippen molar-refractivity contribution in [3.8, 4) is 5.75 Å². The first-order valence-corrected chi connectivity index (χ1v) is 8.79. The van der Waals surface area contributed by atoms with Gasteiger partial charge in [-0.25, -0.2) is 4.79 Å². The highest BCUT2D eigenvalue weighted by Crippen LogP contribution is 2.24. The standard InChI is InChI=1S/C24H19NO3/c26-23(17-15-19-9-3-1-4-10-19)25-21-13-7-8-14-22(21)28-24(27)18-16-20-11-5-2-6-12-20/h1-18H,(H,25,26). The predicted octanol–water partition coefficient (Wildman–Crippen LogP) is 4.96. The first kappa shape index (κ1) is 18.9. The molecule has 28 heavy (non-hydrogen) atoms. The van der Waals surface area contributed by atoms with E-state index in [1.54, 1.807) is 36.4 Å². The van der Waals surface area contributed by atoms with Gasteiger partial charge in [0.1, 0.15) is 0 Å². The molecule has 0 heterocycles. The summed E-state index contributed by atoms with van der Waals surface area (Å²) in [5, 5.41) is 2.73. The van der Waals surface area contributed by atoms with E-state index >= 15 is 0 Å². The van der Waals surface area contributed by atoms with Crippen LogP contribution in [0.25, 0.3) is 12.2 Å². The molecule has 0 aromatic heterocycles. The van der Waals surface area contributed by atoms with Crippen molar-refractivity contribution in [1.29, 1.82) is 0 Å². The molecule has 0 fully saturated rings. The van der Waals surface area contributed by atoms with Crippen molar-refractivity contribution in [2.75, 3.05) is 5.32 Å². The molecule has 0 saturated heterocycles. The maximum atomic E-state index is 12.2. The molecule has 0 aliphatic rings. The molecule has 0 saturated carbocycles. The molecule has 0 aliphatic carbocycles. The van der Waals surface area contributed by atoms with E-state index in [-0.39, 0.29) is 11.7 Å². The average Bonchev–Trinajstić information content (AvgIpc) is 2.74. The second kappa shape index (κ2) is 9.69. The maximum Gasteiger partial charge on any atom is 0.336 e. The summed E-state index contributed by atoms with van der Waals surface area (Å²) in [6.07, 6.45) is 6.17. The topological polar surface area (TPSA) is 55.4 Å². The summed E-state index contributed by atoms with van der Waals surface area (Å²) in [4.78, 5) is 24.3. The molecule has 0 spiro atoms. The first-order chi connectivity index (χ1) is 13.7. The number of nitrogens with one attached hydrogen (secondary N) is 1. The van der Waals surface area contributed by atoms with E-state index in [0.29, 0.717) is 5.69 Å². The lowest BCUT2D eigenvalue weighted by atomic mass is 10.2. The van der Waals surface area contributed by atoms with Gasteiger partial charge in [-0.05, 0) is 35.4 Å². The number of rotatable bonds is 6. The van der Waals surface area contributed by atoms with Crippen molar-refractivity contribution < 1.29 is 14.3 Å². The third-order valence-electron chi connectivity index (χ3n) is 3.79. The summed E-state index contributed by atoms with van der Waals surface area (Å²) in [6, 6.07) is 25.8. The Bertz CT molecular complexity index is 910. The van der Waals surface area contributed by atoms with Crippen molar-refractivity contribution >= 4 is 29.7 Å². The number of carbonyl (C=O) groups is 2. The monoisotopic (exact) mass is 369 g/mol. The minimum atomic E-state index is -0.523. The molecule has 138 valence electrons. The third-order valence-corrected chi connectivity index (χ3v) is 3.79. The van der Waals surface area contributed by atoms with Gasteiger partial charge < -0.3 is 10.1 Å². The van der Waals surface area contributed by atoms with E-state index in [0.717, 1.165) is 11.1 Å². The van der Waals surface area contributed by atoms with Crippen LogP contribution in [0.5, 0.6) is 5.75 Å². The van der Waals surface area contributed by atoms with Gasteiger partial charge in [0.15, 0.2) is 5.75 Å². The van der Waals surface area contributed by atoms with Crippen LogP contribution < -0.4 is 10.1 Å². The van der Waals surface area contributed by atoms with Crippen LogP contribution in [-0.2, 0) is 9.59 Å². The molecular formula is C24H19NO3. The largest absolute Gasteiger partial charge is 0.421 e. The summed E-state index contributed by atoms with van der Waals surface area (Å²) < 4.78 is 5.37. The number of para-hydroxylation sites is 2. The van der Waals surface area contributed by atoms with E-state index < -0.39 is 5.97 Å². The molecule has 0 bridgehead atoms. The van der Waals surface area contributed by atoms with Crippen molar-refractivity contribution in [2.24, 2.45) is 0 Å². The highest BCUT2D eigenvalue weighted by Gasteiger charge is 2.08. The van der Waals surface area contributed by atoms with Crippen LogP contribution in [0.2, 0.25) is 0 Å². The van der Waals surface area contributed by atoms with Gasteiger partial charge in [0, 0.05) is 12.2 Å². The van der Waals surface area contributed by atoms with Gasteiger partial charge in [-0.3, -0.25) is 4.79 Å². The Morgan fingerprint density at radius 2 is 1.21 bits per heavy atom. The quantitative estimate of drug-likeness (QED) is 0.380. The van der Waals surface area contributed by atoms with Crippen LogP contribution in [0.3, 0.4) is 0 Å². The Morgan fingerprint density at radius 3 is 1.86 bits per heavy atom. The summed E-state index contributed by atoms with van der Waals surface area (Å²) in [5.41, 5.74) is 2.24. The smallest absolute Gasteiger partial charge is 0.336 e. The third kappa shape index (κ3) is 5.81. The van der Waals surface area contributed by atoms with E-state index in [4.69, 9.17) is 4.74 Å². The zero-order valence-corrected chi connectivity index (χ0v) is 15.1. The van der Waals surface area contributed by atoms with Gasteiger partial charge >= 0.3 is 5.97 Å². The molecule has 0 aliphatic heterocycles. The molecular weight excluding hydrogens is 350 g/mol. The molecule has 0 atom stereocenters. The number of esters is 1. The Labute approximate surface area is 163 Å². The Kier molecular flexibility index (Phi) is 6.53. The lowest BCUT2D eigenvalue weighted by Gasteiger charge is -2.09. The summed E-state index contributed by atoms with van der Waals surface area (Å²) in [5.74, 6) is -0.552. The minimum absolute atomic E-state index is 0.284. The van der Waals surface area contributed by atoms with E-state index in [2.05, 4.69) is 5.32 Å². The second-order valence-corrected chi connectivity index (χ2v) is 5.89. The highest BCUT2D eigenvalue weighted by atomic mass is 16.5. The molecule has 3 rings (SSSR count). The fourth-order valence-electron chi connectivity index (χ4n) is 2.44. The van der Waals surface area contributed by atoms with Gasteiger partial charge in [0.05, 0.1) is 5.69 Å². The number of anilines is 1. The molecule has 1 amide bonds. The maximum absolute atomic E-state index is 12.2. The molecule has 4 nitrogen and oxygen atoms in total. The fraction of sp³-hybridized carbons (Fsp3) is 0. The second-order valence-electron chi connectivity index (χ2n) is 5.89. The Balaban J connectivity index is 1.64. The Morgan fingerprint density at radius 1 is 0.679 bits per heavy atom. The van der Waals surface area contributed by atoms with E-state index in [1.165, 1.54) is 12.2 Å². The van der Waals surface area contributed by atoms with Crippen LogP contribution in [0.4, 0.5) is 5.69 Å². The minimum Gasteiger partial charge on any atom is -0.421 e. The van der Waals surface area contributed by atoms with Crippen molar-refractivity contribution in [3.05, 3.63) is 108 Å². The van der Waals surface area contributed by atoms with Crippen LogP contribution in [0, 0.1) is 0 Å². The van der Waals surface area contributed by atoms with Gasteiger partial charge in [-0.1, -0.05) is 72.8 Å². The summed E-state index contributed by atoms with van der Waals surface area (Å²) in [6.45, 7) is 0. The van der Waals surface area contributed by atoms with Crippen LogP contribution in [-0.4, -0.2) is 11.9 Å². The molecule has 0 radical (unpaired) electrons. The number of carbonyl (C=O) groups excluding carboxylic acids is 2. The van der Waals surface area contributed by atoms with Crippen LogP contribution in [0.15, 0.2) is 97.1 Å². The van der Waals surface area contributed by atoms with Gasteiger partial charge in [0.25, 0.3) is 0 Å². The molecule has 1 N–H and O–H groups in total. The average molecular weight is 369 g/mol. The van der Waals surface area contributed by atoms with Crippen molar-refractivity contribution in [3.63, 3.8) is 0 Å². The van der Waals surface area contributed by atoms with Crippen LogP contribution in [0.1, 0.15) is 11.1 Å². The zero-order valence-electron chi connectivity index (χ0n) is 15.1. The molecule has 4 heteroatoms. The Hall–Kier alpha value is -3.92. The molecule has 0 unspecified atom stereocenters. The van der Waals surface area contributed by atoms with Crippen molar-refractivity contribution in [1.82, 2.24) is 0 Å². The number of hydrogen-bond acceptors (Lipinski definition) is 3. The zero-order chi connectivity index (χ0) is 19.6. The predicted molar refractivity (Wildman–Crippen MR) is 112 cm³/mol. The van der Waals surface area contributed by atoms with Crippen molar-refractivity contribution in [2.45, 2.75) is 0 Å². The fourth-order valence-corrected chi connectivity index (χ4v) is 2.44.